The maximum atomic E-state index is 10.1. The molecule has 0 aliphatic carbocycles. The zero-order chi connectivity index (χ0) is 13.6. The highest BCUT2D eigenvalue weighted by Gasteiger charge is 2.32. The van der Waals surface area contributed by atoms with Gasteiger partial charge in [0.15, 0.2) is 6.10 Å². The second-order valence-corrected chi connectivity index (χ2v) is 5.62. The molecule has 3 nitrogen and oxygen atoms in total. The van der Waals surface area contributed by atoms with Crippen LogP contribution in [-0.2, 0) is 6.42 Å². The highest BCUT2D eigenvalue weighted by molar-refractivity contribution is 7.80. The molecule has 1 heterocycles. The first kappa shape index (κ1) is 13.1. The van der Waals surface area contributed by atoms with Gasteiger partial charge in [-0.1, -0.05) is 19.1 Å². The Morgan fingerprint density at radius 2 is 1.89 bits per heavy atom. The summed E-state index contributed by atoms with van der Waals surface area (Å²) in [4.78, 5) is 0.399. The number of benzene rings is 1. The number of thiocarbonyl (C=S) groups is 1. The lowest BCUT2D eigenvalue weighted by molar-refractivity contribution is 0.180. The van der Waals surface area contributed by atoms with Gasteiger partial charge in [0, 0.05) is 11.5 Å². The highest BCUT2D eigenvalue weighted by Crippen LogP contribution is 2.42. The topological polar surface area (TPSA) is 55.5 Å². The van der Waals surface area contributed by atoms with Crippen molar-refractivity contribution in [3.05, 3.63) is 22.3 Å². The maximum absolute atomic E-state index is 10.1. The van der Waals surface area contributed by atoms with E-state index in [4.69, 9.17) is 22.7 Å². The molecule has 1 aromatic carbocycles. The van der Waals surface area contributed by atoms with Crippen molar-refractivity contribution in [2.45, 2.75) is 40.2 Å². The average molecular weight is 265 g/mol. The third-order valence-corrected chi connectivity index (χ3v) is 4.14. The van der Waals surface area contributed by atoms with Gasteiger partial charge in [0.1, 0.15) is 16.5 Å². The van der Waals surface area contributed by atoms with Gasteiger partial charge in [-0.15, -0.1) is 0 Å². The summed E-state index contributed by atoms with van der Waals surface area (Å²) in [6, 6.07) is 0. The van der Waals surface area contributed by atoms with Crippen LogP contribution in [0, 0.1) is 26.7 Å². The van der Waals surface area contributed by atoms with E-state index in [1.807, 2.05) is 20.8 Å². The van der Waals surface area contributed by atoms with Gasteiger partial charge in [-0.3, -0.25) is 0 Å². The summed E-state index contributed by atoms with van der Waals surface area (Å²) in [7, 11) is 0. The van der Waals surface area contributed by atoms with Crippen LogP contribution in [0.2, 0.25) is 0 Å². The van der Waals surface area contributed by atoms with Crippen molar-refractivity contribution in [2.24, 2.45) is 11.7 Å². The molecule has 2 unspecified atom stereocenters. The minimum Gasteiger partial charge on any atom is -0.507 e. The van der Waals surface area contributed by atoms with Gasteiger partial charge in [-0.2, -0.15) is 0 Å². The van der Waals surface area contributed by atoms with E-state index in [1.165, 1.54) is 0 Å². The van der Waals surface area contributed by atoms with E-state index in [0.29, 0.717) is 10.7 Å². The Bertz CT molecular complexity index is 525. The average Bonchev–Trinajstić information content (AvgIpc) is 2.33. The summed E-state index contributed by atoms with van der Waals surface area (Å²) in [6.45, 7) is 7.85. The Morgan fingerprint density at radius 3 is 2.44 bits per heavy atom. The molecule has 0 amide bonds. The van der Waals surface area contributed by atoms with Gasteiger partial charge >= 0.3 is 0 Å². The Hall–Kier alpha value is -1.29. The fraction of sp³-hybridized carbons (Fsp3) is 0.500. The fourth-order valence-electron chi connectivity index (χ4n) is 2.58. The van der Waals surface area contributed by atoms with Crippen LogP contribution in [0.25, 0.3) is 0 Å². The molecule has 2 atom stereocenters. The molecule has 0 radical (unpaired) electrons. The van der Waals surface area contributed by atoms with E-state index in [-0.39, 0.29) is 12.0 Å². The lowest BCUT2D eigenvalue weighted by Crippen LogP contribution is -2.41. The van der Waals surface area contributed by atoms with Crippen LogP contribution in [0.15, 0.2) is 0 Å². The zero-order valence-corrected chi connectivity index (χ0v) is 12.0. The minimum absolute atomic E-state index is 0.213. The van der Waals surface area contributed by atoms with Crippen molar-refractivity contribution >= 4 is 17.2 Å². The van der Waals surface area contributed by atoms with Gasteiger partial charge in [-0.25, -0.2) is 0 Å². The van der Waals surface area contributed by atoms with Crippen molar-refractivity contribution in [3.8, 4) is 11.5 Å². The number of aromatic hydroxyl groups is 1. The highest BCUT2D eigenvalue weighted by atomic mass is 32.1. The number of rotatable bonds is 1. The molecule has 0 fully saturated rings. The molecule has 98 valence electrons. The molecule has 1 aliphatic rings. The second-order valence-electron chi connectivity index (χ2n) is 5.15. The summed E-state index contributed by atoms with van der Waals surface area (Å²) in [5, 5.41) is 10.1. The number of fused-ring (bicyclic) bond motifs is 1. The molecule has 2 rings (SSSR count). The molecule has 4 heteroatoms. The molecule has 0 bridgehead atoms. The summed E-state index contributed by atoms with van der Waals surface area (Å²) in [6.07, 6.45) is 0.618. The molecule has 18 heavy (non-hydrogen) atoms. The van der Waals surface area contributed by atoms with Crippen LogP contribution in [0.5, 0.6) is 11.5 Å². The third-order valence-electron chi connectivity index (χ3n) is 3.91. The van der Waals surface area contributed by atoms with Crippen LogP contribution in [0.1, 0.15) is 29.2 Å². The monoisotopic (exact) mass is 265 g/mol. The molecule has 0 saturated heterocycles. The van der Waals surface area contributed by atoms with Gasteiger partial charge < -0.3 is 15.6 Å². The largest absolute Gasteiger partial charge is 0.507 e. The predicted octanol–water partition coefficient (Wildman–Crippen LogP) is 2.54. The summed E-state index contributed by atoms with van der Waals surface area (Å²) >= 11 is 5.06. The number of phenolic OH excluding ortho intramolecular Hbond substituents is 1. The van der Waals surface area contributed by atoms with Crippen LogP contribution in [0.4, 0.5) is 0 Å². The Kier molecular flexibility index (Phi) is 3.23. The summed E-state index contributed by atoms with van der Waals surface area (Å²) in [5.74, 6) is 1.45. The number of hydrogen-bond donors (Lipinski definition) is 2. The first-order chi connectivity index (χ1) is 8.34. The van der Waals surface area contributed by atoms with E-state index in [2.05, 4.69) is 6.92 Å². The first-order valence-corrected chi connectivity index (χ1v) is 6.53. The van der Waals surface area contributed by atoms with Gasteiger partial charge in [0.05, 0.1) is 0 Å². The van der Waals surface area contributed by atoms with Crippen molar-refractivity contribution < 1.29 is 9.84 Å². The minimum atomic E-state index is -0.213. The van der Waals surface area contributed by atoms with Crippen molar-refractivity contribution in [3.63, 3.8) is 0 Å². The third kappa shape index (κ3) is 1.85. The van der Waals surface area contributed by atoms with E-state index in [9.17, 15) is 5.11 Å². The quantitative estimate of drug-likeness (QED) is 0.766. The number of ether oxygens (including phenoxy) is 1. The Balaban J connectivity index is 2.59. The van der Waals surface area contributed by atoms with Gasteiger partial charge in [0.2, 0.25) is 0 Å². The van der Waals surface area contributed by atoms with E-state index in [1.54, 1.807) is 0 Å². The molecule has 1 aliphatic heterocycles. The molecule has 0 saturated carbocycles. The van der Waals surface area contributed by atoms with E-state index < -0.39 is 0 Å². The van der Waals surface area contributed by atoms with Crippen molar-refractivity contribution in [1.29, 1.82) is 0 Å². The van der Waals surface area contributed by atoms with Crippen LogP contribution in [0.3, 0.4) is 0 Å². The number of nitrogens with two attached hydrogens (primary N) is 1. The second kappa shape index (κ2) is 4.43. The normalized spacial score (nSPS) is 22.2. The Morgan fingerprint density at radius 1 is 1.28 bits per heavy atom. The lowest BCUT2D eigenvalue weighted by Gasteiger charge is -2.33. The smallest absolute Gasteiger partial charge is 0.151 e. The van der Waals surface area contributed by atoms with Crippen LogP contribution >= 0.6 is 12.2 Å². The molecule has 1 aromatic rings. The summed E-state index contributed by atoms with van der Waals surface area (Å²) < 4.78 is 5.98. The van der Waals surface area contributed by atoms with Crippen molar-refractivity contribution in [1.82, 2.24) is 0 Å². The molecule has 0 spiro atoms. The van der Waals surface area contributed by atoms with Crippen LogP contribution in [-0.4, -0.2) is 16.2 Å². The Labute approximate surface area is 113 Å². The zero-order valence-electron chi connectivity index (χ0n) is 11.2. The summed E-state index contributed by atoms with van der Waals surface area (Å²) in [5.41, 5.74) is 9.55. The fourth-order valence-corrected chi connectivity index (χ4v) is 2.87. The molecular formula is C14H19NO2S. The van der Waals surface area contributed by atoms with E-state index in [0.717, 1.165) is 34.4 Å². The SMILES string of the molecule is Cc1c(C)c2c(c(C)c1O)CC(C)C(C(N)=S)O2. The van der Waals surface area contributed by atoms with E-state index >= 15 is 0 Å². The van der Waals surface area contributed by atoms with Gasteiger partial charge in [0.25, 0.3) is 0 Å². The predicted molar refractivity (Wildman–Crippen MR) is 76.4 cm³/mol. The standard InChI is InChI=1S/C14H19NO2S/c1-6-5-10-9(4)11(16)7(2)8(3)13(10)17-12(6)14(15)18/h6,12,16H,5H2,1-4H3,(H2,15,18). The van der Waals surface area contributed by atoms with Crippen molar-refractivity contribution in [2.75, 3.05) is 0 Å². The number of phenols is 1. The first-order valence-electron chi connectivity index (χ1n) is 6.12. The molecule has 0 aromatic heterocycles. The van der Waals surface area contributed by atoms with Gasteiger partial charge in [-0.05, 0) is 43.9 Å². The van der Waals surface area contributed by atoms with Crippen LogP contribution < -0.4 is 10.5 Å². The lowest BCUT2D eigenvalue weighted by atomic mass is 9.86. The molecule has 3 N–H and O–H groups in total. The number of hydrogen-bond acceptors (Lipinski definition) is 3. The maximum Gasteiger partial charge on any atom is 0.151 e. The molecular weight excluding hydrogens is 246 g/mol.